The van der Waals surface area contributed by atoms with E-state index in [1.807, 2.05) is 36.4 Å². The molecule has 1 aromatic carbocycles. The molecule has 0 amide bonds. The topological polar surface area (TPSA) is 69.4 Å². The van der Waals surface area contributed by atoms with Gasteiger partial charge in [-0.1, -0.05) is 30.7 Å². The molecule has 1 saturated carbocycles. The smallest absolute Gasteiger partial charge is 0.210 e. The lowest BCUT2D eigenvalue weighted by atomic mass is 9.78. The lowest BCUT2D eigenvalue weighted by molar-refractivity contribution is -0.487. The molecule has 0 aromatic heterocycles. The first kappa shape index (κ1) is 16.2. The van der Waals surface area contributed by atoms with Crippen LogP contribution in [0.4, 0.5) is 0 Å². The van der Waals surface area contributed by atoms with Gasteiger partial charge in [-0.15, -0.1) is 0 Å². The summed E-state index contributed by atoms with van der Waals surface area (Å²) < 4.78 is 5.10. The summed E-state index contributed by atoms with van der Waals surface area (Å²) in [4.78, 5) is 22.6. The largest absolute Gasteiger partial charge is 0.497 e. The molecule has 5 nitrogen and oxygen atoms in total. The minimum absolute atomic E-state index is 0.164. The van der Waals surface area contributed by atoms with Gasteiger partial charge < -0.3 is 4.74 Å². The van der Waals surface area contributed by atoms with Crippen LogP contribution in [0.15, 0.2) is 30.3 Å². The van der Waals surface area contributed by atoms with Crippen LogP contribution in [0.5, 0.6) is 5.75 Å². The Hall–Kier alpha value is -2.17. The van der Waals surface area contributed by atoms with E-state index in [4.69, 9.17) is 4.74 Å². The second kappa shape index (κ2) is 7.73. The number of Topliss-reactive ketones (excluding diaryl/α,β-unsaturated/α-hetero) is 1. The molecular formula is C17H21NO4. The lowest BCUT2D eigenvalue weighted by Gasteiger charge is -2.24. The molecule has 0 aliphatic heterocycles. The summed E-state index contributed by atoms with van der Waals surface area (Å²) in [6.07, 6.45) is 6.86. The number of methoxy groups -OCH3 is 1. The van der Waals surface area contributed by atoms with Gasteiger partial charge in [0.25, 0.3) is 0 Å². The van der Waals surface area contributed by atoms with E-state index in [0.29, 0.717) is 6.42 Å². The molecule has 1 fully saturated rings. The van der Waals surface area contributed by atoms with Crippen molar-refractivity contribution >= 4 is 11.9 Å². The fraction of sp³-hybridized carbons (Fsp3) is 0.471. The number of nitrogens with zero attached hydrogens (tertiary/aromatic N) is 1. The van der Waals surface area contributed by atoms with Crippen LogP contribution in [0.25, 0.3) is 6.08 Å². The van der Waals surface area contributed by atoms with Crippen LogP contribution in [0.3, 0.4) is 0 Å². The van der Waals surface area contributed by atoms with Crippen molar-refractivity contribution in [1.29, 1.82) is 0 Å². The van der Waals surface area contributed by atoms with Crippen molar-refractivity contribution in [2.45, 2.75) is 25.7 Å². The molecule has 0 bridgehead atoms. The molecule has 2 rings (SSSR count). The van der Waals surface area contributed by atoms with Crippen molar-refractivity contribution in [3.63, 3.8) is 0 Å². The first-order valence-corrected chi connectivity index (χ1v) is 7.57. The highest BCUT2D eigenvalue weighted by molar-refractivity contribution is 5.82. The van der Waals surface area contributed by atoms with Crippen molar-refractivity contribution in [2.24, 2.45) is 11.8 Å². The summed E-state index contributed by atoms with van der Waals surface area (Å²) in [7, 11) is 1.60. The highest BCUT2D eigenvalue weighted by Crippen LogP contribution is 2.29. The van der Waals surface area contributed by atoms with E-state index in [1.165, 1.54) is 0 Å². The lowest BCUT2D eigenvalue weighted by Crippen LogP contribution is -2.30. The molecule has 1 aliphatic rings. The van der Waals surface area contributed by atoms with Gasteiger partial charge >= 0.3 is 0 Å². The molecule has 0 spiro atoms. The van der Waals surface area contributed by atoms with Crippen LogP contribution >= 0.6 is 0 Å². The normalized spacial score (nSPS) is 20.0. The SMILES string of the molecule is COc1ccc(/C=C/[C@@H](C[N+](=O)[O-])[C@@H]2CCCCC2=O)cc1. The van der Waals surface area contributed by atoms with Crippen molar-refractivity contribution < 1.29 is 14.5 Å². The van der Waals surface area contributed by atoms with Crippen molar-refractivity contribution in [2.75, 3.05) is 13.7 Å². The monoisotopic (exact) mass is 303 g/mol. The first-order valence-electron chi connectivity index (χ1n) is 7.57. The van der Waals surface area contributed by atoms with Gasteiger partial charge in [-0.05, 0) is 30.5 Å². The van der Waals surface area contributed by atoms with Gasteiger partial charge in [-0.25, -0.2) is 0 Å². The Morgan fingerprint density at radius 3 is 2.68 bits per heavy atom. The Balaban J connectivity index is 2.12. The number of carbonyl (C=O) groups excluding carboxylic acids is 1. The number of hydrogen-bond donors (Lipinski definition) is 0. The first-order chi connectivity index (χ1) is 10.6. The maximum absolute atomic E-state index is 12.0. The van der Waals surface area contributed by atoms with Crippen LogP contribution in [-0.2, 0) is 4.79 Å². The summed E-state index contributed by atoms with van der Waals surface area (Å²) in [5.74, 6) is 0.387. The average Bonchev–Trinajstić information content (AvgIpc) is 2.52. The average molecular weight is 303 g/mol. The summed E-state index contributed by atoms with van der Waals surface area (Å²) in [5, 5.41) is 10.9. The Morgan fingerprint density at radius 2 is 2.09 bits per heavy atom. The zero-order valence-electron chi connectivity index (χ0n) is 12.7. The molecule has 0 N–H and O–H groups in total. The summed E-state index contributed by atoms with van der Waals surface area (Å²) in [5.41, 5.74) is 0.942. The fourth-order valence-corrected chi connectivity index (χ4v) is 2.91. The fourth-order valence-electron chi connectivity index (χ4n) is 2.91. The molecule has 1 aromatic rings. The third-order valence-corrected chi connectivity index (χ3v) is 4.13. The second-order valence-electron chi connectivity index (χ2n) is 5.63. The third kappa shape index (κ3) is 4.41. The van der Waals surface area contributed by atoms with E-state index in [0.717, 1.165) is 30.6 Å². The molecule has 22 heavy (non-hydrogen) atoms. The van der Waals surface area contributed by atoms with E-state index in [2.05, 4.69) is 0 Å². The summed E-state index contributed by atoms with van der Waals surface area (Å²) >= 11 is 0. The molecule has 0 heterocycles. The molecule has 5 heteroatoms. The third-order valence-electron chi connectivity index (χ3n) is 4.13. The summed E-state index contributed by atoms with van der Waals surface area (Å²) in [6, 6.07) is 7.46. The number of carbonyl (C=O) groups is 1. The predicted octanol–water partition coefficient (Wildman–Crippen LogP) is 3.36. The highest BCUT2D eigenvalue weighted by atomic mass is 16.6. The number of ether oxygens (including phenoxy) is 1. The molecule has 0 radical (unpaired) electrons. The van der Waals surface area contributed by atoms with E-state index < -0.39 is 0 Å². The second-order valence-corrected chi connectivity index (χ2v) is 5.63. The van der Waals surface area contributed by atoms with Crippen molar-refractivity contribution in [3.8, 4) is 5.75 Å². The molecule has 0 saturated heterocycles. The quantitative estimate of drug-likeness (QED) is 0.597. The molecule has 1 aliphatic carbocycles. The van der Waals surface area contributed by atoms with Gasteiger partial charge in [-0.2, -0.15) is 0 Å². The number of hydrogen-bond acceptors (Lipinski definition) is 4. The van der Waals surface area contributed by atoms with Gasteiger partial charge in [0.1, 0.15) is 11.5 Å². The zero-order valence-corrected chi connectivity index (χ0v) is 12.7. The van der Waals surface area contributed by atoms with Crippen LogP contribution in [-0.4, -0.2) is 24.4 Å². The van der Waals surface area contributed by atoms with Crippen LogP contribution in [0, 0.1) is 22.0 Å². The molecule has 118 valence electrons. The molecule has 0 unspecified atom stereocenters. The Bertz CT molecular complexity index is 550. The number of benzene rings is 1. The van der Waals surface area contributed by atoms with E-state index in [-0.39, 0.29) is 29.1 Å². The minimum atomic E-state index is -0.329. The minimum Gasteiger partial charge on any atom is -0.497 e. The maximum atomic E-state index is 12.0. The maximum Gasteiger partial charge on any atom is 0.210 e. The van der Waals surface area contributed by atoms with E-state index in [9.17, 15) is 14.9 Å². The Labute approximate surface area is 130 Å². The van der Waals surface area contributed by atoms with Gasteiger partial charge in [0, 0.05) is 17.3 Å². The Kier molecular flexibility index (Phi) is 5.69. The number of ketones is 1. The highest BCUT2D eigenvalue weighted by Gasteiger charge is 2.31. The standard InChI is InChI=1S/C17H21NO4/c1-22-15-10-7-13(8-11-15)6-9-14(12-18(20)21)16-4-2-3-5-17(16)19/h6-11,14,16H,2-5,12H2,1H3/b9-6+/t14-,16-/m0/s1. The number of nitro groups is 1. The van der Waals surface area contributed by atoms with E-state index >= 15 is 0 Å². The van der Waals surface area contributed by atoms with Crippen molar-refractivity contribution in [1.82, 2.24) is 0 Å². The van der Waals surface area contributed by atoms with Gasteiger partial charge in [0.15, 0.2) is 0 Å². The van der Waals surface area contributed by atoms with Crippen LogP contribution in [0.2, 0.25) is 0 Å². The number of rotatable bonds is 6. The van der Waals surface area contributed by atoms with Crippen LogP contribution < -0.4 is 4.74 Å². The van der Waals surface area contributed by atoms with Gasteiger partial charge in [-0.3, -0.25) is 14.9 Å². The van der Waals surface area contributed by atoms with Crippen molar-refractivity contribution in [3.05, 3.63) is 46.0 Å². The summed E-state index contributed by atoms with van der Waals surface area (Å²) in [6.45, 7) is -0.191. The molecular weight excluding hydrogens is 282 g/mol. The van der Waals surface area contributed by atoms with Gasteiger partial charge in [0.05, 0.1) is 13.0 Å². The molecule has 2 atom stereocenters. The predicted molar refractivity (Wildman–Crippen MR) is 84.3 cm³/mol. The van der Waals surface area contributed by atoms with Gasteiger partial charge in [0.2, 0.25) is 6.54 Å². The zero-order chi connectivity index (χ0) is 15.9. The van der Waals surface area contributed by atoms with Crippen LogP contribution in [0.1, 0.15) is 31.2 Å². The Morgan fingerprint density at radius 1 is 1.36 bits per heavy atom. The van der Waals surface area contributed by atoms with E-state index in [1.54, 1.807) is 7.11 Å².